The molecule has 0 aliphatic rings. The number of pyridine rings is 1. The maximum Gasteiger partial charge on any atom is 0.255 e. The van der Waals surface area contributed by atoms with Crippen molar-refractivity contribution in [3.05, 3.63) is 72.4 Å². The summed E-state index contributed by atoms with van der Waals surface area (Å²) in [6, 6.07) is 18.8. The van der Waals surface area contributed by atoms with Crippen LogP contribution in [-0.4, -0.2) is 10.9 Å². The summed E-state index contributed by atoms with van der Waals surface area (Å²) in [4.78, 5) is 16.4. The third-order valence-corrected chi connectivity index (χ3v) is 2.90. The Labute approximate surface area is 110 Å². The van der Waals surface area contributed by atoms with Crippen LogP contribution < -0.4 is 5.32 Å². The molecule has 0 aliphatic heterocycles. The van der Waals surface area contributed by atoms with Crippen molar-refractivity contribution >= 4 is 22.5 Å². The summed E-state index contributed by atoms with van der Waals surface area (Å²) in [6.45, 7) is 0. The Kier molecular flexibility index (Phi) is 2.94. The molecule has 0 atom stereocenters. The lowest BCUT2D eigenvalue weighted by Gasteiger charge is -2.05. The number of benzene rings is 2. The average Bonchev–Trinajstić information content (AvgIpc) is 2.48. The molecular weight excluding hydrogens is 236 g/mol. The first kappa shape index (κ1) is 11.4. The monoisotopic (exact) mass is 248 g/mol. The van der Waals surface area contributed by atoms with Crippen LogP contribution in [0.5, 0.6) is 0 Å². The molecule has 0 unspecified atom stereocenters. The molecular formula is C16H12N2O. The highest BCUT2D eigenvalue weighted by molar-refractivity contribution is 6.06. The molecule has 19 heavy (non-hydrogen) atoms. The number of hydrogen-bond acceptors (Lipinski definition) is 2. The van der Waals surface area contributed by atoms with Gasteiger partial charge in [0.2, 0.25) is 0 Å². The summed E-state index contributed by atoms with van der Waals surface area (Å²) < 4.78 is 0. The minimum Gasteiger partial charge on any atom is -0.322 e. The fourth-order valence-corrected chi connectivity index (χ4v) is 1.93. The van der Waals surface area contributed by atoms with E-state index in [4.69, 9.17) is 0 Å². The van der Waals surface area contributed by atoms with Gasteiger partial charge in [0.1, 0.15) is 0 Å². The molecule has 2 aromatic carbocycles. The van der Waals surface area contributed by atoms with Gasteiger partial charge in [-0.1, -0.05) is 30.3 Å². The minimum atomic E-state index is -0.126. The van der Waals surface area contributed by atoms with Crippen LogP contribution in [0.4, 0.5) is 5.69 Å². The van der Waals surface area contributed by atoms with Gasteiger partial charge in [0.05, 0.1) is 5.52 Å². The quantitative estimate of drug-likeness (QED) is 0.754. The van der Waals surface area contributed by atoms with Crippen molar-refractivity contribution in [1.82, 2.24) is 4.98 Å². The number of nitrogens with zero attached hydrogens (tertiary/aromatic N) is 1. The van der Waals surface area contributed by atoms with Gasteiger partial charge in [0, 0.05) is 22.8 Å². The molecule has 3 nitrogen and oxygen atoms in total. The van der Waals surface area contributed by atoms with Gasteiger partial charge in [-0.15, -0.1) is 0 Å². The van der Waals surface area contributed by atoms with E-state index in [0.29, 0.717) is 5.56 Å². The second-order valence-electron chi connectivity index (χ2n) is 4.23. The van der Waals surface area contributed by atoms with E-state index >= 15 is 0 Å². The molecule has 0 spiro atoms. The Balaban J connectivity index is 1.89. The molecule has 0 saturated heterocycles. The van der Waals surface area contributed by atoms with Crippen LogP contribution in [0.1, 0.15) is 10.4 Å². The predicted octanol–water partition coefficient (Wildman–Crippen LogP) is 3.49. The van der Waals surface area contributed by atoms with Crippen LogP contribution in [0, 0.1) is 0 Å². The molecule has 3 aromatic rings. The summed E-state index contributed by atoms with van der Waals surface area (Å²) >= 11 is 0. The molecule has 92 valence electrons. The van der Waals surface area contributed by atoms with Gasteiger partial charge >= 0.3 is 0 Å². The second kappa shape index (κ2) is 4.90. The number of carbonyl (C=O) groups is 1. The molecule has 0 bridgehead atoms. The molecule has 1 heterocycles. The number of para-hydroxylation sites is 1. The highest BCUT2D eigenvalue weighted by Crippen LogP contribution is 2.15. The van der Waals surface area contributed by atoms with E-state index in [1.54, 1.807) is 12.3 Å². The molecule has 0 aliphatic carbocycles. The van der Waals surface area contributed by atoms with Crippen molar-refractivity contribution in [3.63, 3.8) is 0 Å². The van der Waals surface area contributed by atoms with Gasteiger partial charge in [-0.05, 0) is 30.3 Å². The number of amides is 1. The number of anilines is 1. The molecule has 0 radical (unpaired) electrons. The van der Waals surface area contributed by atoms with Crippen LogP contribution in [0.3, 0.4) is 0 Å². The van der Waals surface area contributed by atoms with Crippen molar-refractivity contribution in [1.29, 1.82) is 0 Å². The van der Waals surface area contributed by atoms with Gasteiger partial charge in [-0.2, -0.15) is 0 Å². The maximum absolute atomic E-state index is 12.1. The van der Waals surface area contributed by atoms with E-state index in [1.807, 2.05) is 54.6 Å². The first-order valence-corrected chi connectivity index (χ1v) is 6.04. The van der Waals surface area contributed by atoms with E-state index in [0.717, 1.165) is 16.6 Å². The highest BCUT2D eigenvalue weighted by Gasteiger charge is 2.06. The number of nitrogens with one attached hydrogen (secondary N) is 1. The second-order valence-corrected chi connectivity index (χ2v) is 4.23. The summed E-state index contributed by atoms with van der Waals surface area (Å²) in [5.41, 5.74) is 2.21. The molecule has 1 amide bonds. The molecule has 0 fully saturated rings. The van der Waals surface area contributed by atoms with E-state index in [9.17, 15) is 4.79 Å². The first-order valence-electron chi connectivity index (χ1n) is 6.04. The lowest BCUT2D eigenvalue weighted by molar-refractivity contribution is 0.102. The molecule has 3 rings (SSSR count). The molecule has 0 saturated carbocycles. The van der Waals surface area contributed by atoms with Crippen molar-refractivity contribution in [3.8, 4) is 0 Å². The van der Waals surface area contributed by atoms with Crippen LogP contribution in [0.2, 0.25) is 0 Å². The number of carbonyl (C=O) groups excluding carboxylic acids is 1. The first-order chi connectivity index (χ1) is 9.33. The summed E-state index contributed by atoms with van der Waals surface area (Å²) in [7, 11) is 0. The van der Waals surface area contributed by atoms with Gasteiger partial charge in [0.15, 0.2) is 0 Å². The standard InChI is InChI=1S/C16H12N2O/c19-16(18-14-6-2-1-3-7-14)13-9-8-12-5-4-10-17-15(12)11-13/h1-11H,(H,18,19). The highest BCUT2D eigenvalue weighted by atomic mass is 16.1. The van der Waals surface area contributed by atoms with Crippen LogP contribution in [-0.2, 0) is 0 Å². The topological polar surface area (TPSA) is 42.0 Å². The Bertz CT molecular complexity index is 723. The Morgan fingerprint density at radius 3 is 2.63 bits per heavy atom. The summed E-state index contributed by atoms with van der Waals surface area (Å²) in [5, 5.41) is 3.88. The van der Waals surface area contributed by atoms with Crippen molar-refractivity contribution in [2.45, 2.75) is 0 Å². The molecule has 1 N–H and O–H groups in total. The lowest BCUT2D eigenvalue weighted by Crippen LogP contribution is -2.11. The number of aromatic nitrogens is 1. The third-order valence-electron chi connectivity index (χ3n) is 2.90. The van der Waals surface area contributed by atoms with E-state index in [-0.39, 0.29) is 5.91 Å². The Morgan fingerprint density at radius 1 is 0.947 bits per heavy atom. The van der Waals surface area contributed by atoms with Crippen molar-refractivity contribution in [2.24, 2.45) is 0 Å². The molecule has 1 aromatic heterocycles. The van der Waals surface area contributed by atoms with Crippen molar-refractivity contribution in [2.75, 3.05) is 5.32 Å². The smallest absolute Gasteiger partial charge is 0.255 e. The minimum absolute atomic E-state index is 0.126. The SMILES string of the molecule is O=C(Nc1ccccc1)c1ccc2cccnc2c1. The normalized spacial score (nSPS) is 10.3. The zero-order valence-corrected chi connectivity index (χ0v) is 10.2. The zero-order valence-electron chi connectivity index (χ0n) is 10.2. The van der Waals surface area contributed by atoms with Gasteiger partial charge in [0.25, 0.3) is 5.91 Å². The third kappa shape index (κ3) is 2.45. The average molecular weight is 248 g/mol. The Hall–Kier alpha value is -2.68. The van der Waals surface area contributed by atoms with E-state index < -0.39 is 0 Å². The van der Waals surface area contributed by atoms with Crippen LogP contribution in [0.25, 0.3) is 10.9 Å². The predicted molar refractivity (Wildman–Crippen MR) is 76.1 cm³/mol. The molecule has 3 heteroatoms. The number of fused-ring (bicyclic) bond motifs is 1. The summed E-state index contributed by atoms with van der Waals surface area (Å²) in [6.07, 6.45) is 1.72. The number of hydrogen-bond donors (Lipinski definition) is 1. The zero-order chi connectivity index (χ0) is 13.1. The fraction of sp³-hybridized carbons (Fsp3) is 0. The lowest BCUT2D eigenvalue weighted by atomic mass is 10.1. The van der Waals surface area contributed by atoms with Gasteiger partial charge < -0.3 is 5.32 Å². The fourth-order valence-electron chi connectivity index (χ4n) is 1.93. The van der Waals surface area contributed by atoms with Gasteiger partial charge in [-0.3, -0.25) is 9.78 Å². The number of rotatable bonds is 2. The summed E-state index contributed by atoms with van der Waals surface area (Å²) in [5.74, 6) is -0.126. The van der Waals surface area contributed by atoms with Crippen LogP contribution >= 0.6 is 0 Å². The van der Waals surface area contributed by atoms with Crippen LogP contribution in [0.15, 0.2) is 66.9 Å². The maximum atomic E-state index is 12.1. The van der Waals surface area contributed by atoms with Crippen molar-refractivity contribution < 1.29 is 4.79 Å². The van der Waals surface area contributed by atoms with Gasteiger partial charge in [-0.25, -0.2) is 0 Å². The Morgan fingerprint density at radius 2 is 1.79 bits per heavy atom. The van der Waals surface area contributed by atoms with E-state index in [2.05, 4.69) is 10.3 Å². The van der Waals surface area contributed by atoms with E-state index in [1.165, 1.54) is 0 Å². The largest absolute Gasteiger partial charge is 0.322 e.